The molecule has 0 saturated carbocycles. The molecule has 0 aliphatic carbocycles. The maximum Gasteiger partial charge on any atom is 0.143 e. The van der Waals surface area contributed by atoms with Crippen LogP contribution in [0.1, 0.15) is 5.56 Å². The van der Waals surface area contributed by atoms with E-state index in [0.29, 0.717) is 5.69 Å². The molecule has 0 unspecified atom stereocenters. The van der Waals surface area contributed by atoms with Crippen molar-refractivity contribution in [1.29, 1.82) is 5.26 Å². The summed E-state index contributed by atoms with van der Waals surface area (Å²) in [4.78, 5) is 4.17. The lowest BCUT2D eigenvalue weighted by molar-refractivity contribution is 0.623. The molecule has 0 bridgehead atoms. The number of rotatable bonds is 1. The minimum atomic E-state index is -0.471. The van der Waals surface area contributed by atoms with Crippen LogP contribution in [0.15, 0.2) is 42.5 Å². The lowest BCUT2D eigenvalue weighted by Gasteiger charge is -2.37. The van der Waals surface area contributed by atoms with E-state index in [1.165, 1.54) is 6.07 Å². The maximum absolute atomic E-state index is 13.8. The molecule has 0 fully saturated rings. The molecule has 100 valence electrons. The summed E-state index contributed by atoms with van der Waals surface area (Å²) in [6.45, 7) is 1.56. The van der Waals surface area contributed by atoms with Gasteiger partial charge in [0.25, 0.3) is 0 Å². The van der Waals surface area contributed by atoms with E-state index in [1.807, 2.05) is 42.3 Å². The number of hydrogen-bond acceptors (Lipinski definition) is 3. The third-order valence-corrected chi connectivity index (χ3v) is 3.64. The Bertz CT molecular complexity index is 690. The van der Waals surface area contributed by atoms with Gasteiger partial charge in [-0.3, -0.25) is 0 Å². The van der Waals surface area contributed by atoms with Crippen LogP contribution < -0.4 is 9.80 Å². The summed E-state index contributed by atoms with van der Waals surface area (Å²) in [6.07, 6.45) is 0. The number of nitrogens with zero attached hydrogens (tertiary/aromatic N) is 3. The summed E-state index contributed by atoms with van der Waals surface area (Å²) in [5.41, 5.74) is 2.83. The van der Waals surface area contributed by atoms with Gasteiger partial charge in [-0.1, -0.05) is 18.2 Å². The van der Waals surface area contributed by atoms with Gasteiger partial charge < -0.3 is 9.80 Å². The molecule has 2 aromatic rings. The summed E-state index contributed by atoms with van der Waals surface area (Å²) in [7, 11) is 2.03. The van der Waals surface area contributed by atoms with Gasteiger partial charge >= 0.3 is 0 Å². The zero-order valence-corrected chi connectivity index (χ0v) is 11.2. The van der Waals surface area contributed by atoms with E-state index in [-0.39, 0.29) is 5.56 Å². The highest BCUT2D eigenvalue weighted by molar-refractivity contribution is 5.81. The quantitative estimate of drug-likeness (QED) is 0.794. The van der Waals surface area contributed by atoms with E-state index in [4.69, 9.17) is 0 Å². The minimum absolute atomic E-state index is 0.104. The average molecular weight is 267 g/mol. The Morgan fingerprint density at radius 2 is 1.70 bits per heavy atom. The van der Waals surface area contributed by atoms with Gasteiger partial charge in [-0.05, 0) is 24.3 Å². The van der Waals surface area contributed by atoms with E-state index in [9.17, 15) is 9.65 Å². The summed E-state index contributed by atoms with van der Waals surface area (Å²) in [5.74, 6) is -0.471. The predicted molar refractivity (Wildman–Crippen MR) is 77.8 cm³/mol. The van der Waals surface area contributed by atoms with E-state index in [0.717, 1.165) is 24.5 Å². The monoisotopic (exact) mass is 267 g/mol. The second kappa shape index (κ2) is 4.86. The van der Waals surface area contributed by atoms with Gasteiger partial charge in [-0.2, -0.15) is 5.26 Å². The van der Waals surface area contributed by atoms with E-state index < -0.39 is 5.82 Å². The minimum Gasteiger partial charge on any atom is -0.371 e. The number of anilines is 3. The molecule has 1 heterocycles. The Labute approximate surface area is 117 Å². The first-order valence-electron chi connectivity index (χ1n) is 6.48. The maximum atomic E-state index is 13.8. The van der Waals surface area contributed by atoms with Crippen LogP contribution in [0.25, 0.3) is 0 Å². The standard InChI is InChI=1S/C16H14FN3/c1-19-9-10-20(16-7-3-2-6-15(16)19)14-8-4-5-13(17)12(14)11-18/h2-8H,9-10H2,1H3. The van der Waals surface area contributed by atoms with Crippen LogP contribution in [-0.2, 0) is 0 Å². The number of likely N-dealkylation sites (N-methyl/N-ethyl adjacent to an activating group) is 1. The molecule has 4 heteroatoms. The fourth-order valence-corrected chi connectivity index (χ4v) is 2.60. The smallest absolute Gasteiger partial charge is 0.143 e. The Balaban J connectivity index is 2.16. The molecule has 0 aromatic heterocycles. The second-order valence-electron chi connectivity index (χ2n) is 4.81. The average Bonchev–Trinajstić information content (AvgIpc) is 2.48. The molecule has 1 aliphatic heterocycles. The molecular formula is C16H14FN3. The van der Waals surface area contributed by atoms with Gasteiger partial charge in [0, 0.05) is 20.1 Å². The van der Waals surface area contributed by atoms with Crippen molar-refractivity contribution in [2.45, 2.75) is 0 Å². The van der Waals surface area contributed by atoms with E-state index in [1.54, 1.807) is 12.1 Å². The number of hydrogen-bond donors (Lipinski definition) is 0. The summed E-state index contributed by atoms with van der Waals surface area (Å²) in [6, 6.07) is 14.7. The normalized spacial score (nSPS) is 13.8. The van der Waals surface area contributed by atoms with Crippen molar-refractivity contribution >= 4 is 17.1 Å². The summed E-state index contributed by atoms with van der Waals surface area (Å²) in [5, 5.41) is 9.20. The lowest BCUT2D eigenvalue weighted by atomic mass is 10.1. The summed E-state index contributed by atoms with van der Waals surface area (Å²) >= 11 is 0. The zero-order chi connectivity index (χ0) is 14.1. The number of nitriles is 1. The molecule has 2 aromatic carbocycles. The fourth-order valence-electron chi connectivity index (χ4n) is 2.60. The molecule has 1 aliphatic rings. The Kier molecular flexibility index (Phi) is 3.03. The molecule has 0 amide bonds. The second-order valence-corrected chi connectivity index (χ2v) is 4.81. The predicted octanol–water partition coefficient (Wildman–Crippen LogP) is 3.29. The summed E-state index contributed by atoms with van der Waals surface area (Å²) < 4.78 is 13.8. The van der Waals surface area contributed by atoms with Gasteiger partial charge in [0.15, 0.2) is 0 Å². The third kappa shape index (κ3) is 1.88. The number of fused-ring (bicyclic) bond motifs is 1. The molecule has 0 N–H and O–H groups in total. The van der Waals surface area contributed by atoms with Crippen molar-refractivity contribution in [2.75, 3.05) is 29.9 Å². The van der Waals surface area contributed by atoms with Crippen LogP contribution in [0, 0.1) is 17.1 Å². The van der Waals surface area contributed by atoms with Gasteiger partial charge in [0.1, 0.15) is 17.4 Å². The van der Waals surface area contributed by atoms with E-state index in [2.05, 4.69) is 4.90 Å². The Hall–Kier alpha value is -2.54. The first-order valence-corrected chi connectivity index (χ1v) is 6.48. The molecule has 3 nitrogen and oxygen atoms in total. The van der Waals surface area contributed by atoms with Gasteiger partial charge in [0.05, 0.1) is 17.1 Å². The Morgan fingerprint density at radius 3 is 2.45 bits per heavy atom. The zero-order valence-electron chi connectivity index (χ0n) is 11.2. The number of halogens is 1. The van der Waals surface area contributed by atoms with Gasteiger partial charge in [0.2, 0.25) is 0 Å². The number of benzene rings is 2. The highest BCUT2D eigenvalue weighted by Crippen LogP contribution is 2.38. The van der Waals surface area contributed by atoms with Crippen molar-refractivity contribution in [3.8, 4) is 6.07 Å². The van der Waals surface area contributed by atoms with Crippen molar-refractivity contribution in [2.24, 2.45) is 0 Å². The van der Waals surface area contributed by atoms with Gasteiger partial charge in [-0.25, -0.2) is 4.39 Å². The van der Waals surface area contributed by atoms with Crippen LogP contribution in [0.3, 0.4) is 0 Å². The van der Waals surface area contributed by atoms with Crippen LogP contribution in [0.4, 0.5) is 21.5 Å². The highest BCUT2D eigenvalue weighted by Gasteiger charge is 2.23. The van der Waals surface area contributed by atoms with Crippen molar-refractivity contribution in [1.82, 2.24) is 0 Å². The topological polar surface area (TPSA) is 30.3 Å². The van der Waals surface area contributed by atoms with Crippen molar-refractivity contribution in [3.63, 3.8) is 0 Å². The Morgan fingerprint density at radius 1 is 1.00 bits per heavy atom. The third-order valence-electron chi connectivity index (χ3n) is 3.64. The van der Waals surface area contributed by atoms with Crippen molar-refractivity contribution < 1.29 is 4.39 Å². The van der Waals surface area contributed by atoms with Gasteiger partial charge in [-0.15, -0.1) is 0 Å². The van der Waals surface area contributed by atoms with Crippen LogP contribution in [0.5, 0.6) is 0 Å². The number of para-hydroxylation sites is 2. The molecule has 0 radical (unpaired) electrons. The van der Waals surface area contributed by atoms with E-state index >= 15 is 0 Å². The first kappa shape index (κ1) is 12.5. The first-order chi connectivity index (χ1) is 9.72. The lowest BCUT2D eigenvalue weighted by Crippen LogP contribution is -2.36. The van der Waals surface area contributed by atoms with Crippen LogP contribution >= 0.6 is 0 Å². The highest BCUT2D eigenvalue weighted by atomic mass is 19.1. The van der Waals surface area contributed by atoms with Crippen LogP contribution in [-0.4, -0.2) is 20.1 Å². The fraction of sp³-hybridized carbons (Fsp3) is 0.188. The molecular weight excluding hydrogens is 253 g/mol. The SMILES string of the molecule is CN1CCN(c2cccc(F)c2C#N)c2ccccc21. The largest absolute Gasteiger partial charge is 0.371 e. The molecule has 0 saturated heterocycles. The molecule has 3 rings (SSSR count). The molecule has 0 spiro atoms. The van der Waals surface area contributed by atoms with Crippen molar-refractivity contribution in [3.05, 3.63) is 53.8 Å². The van der Waals surface area contributed by atoms with Crippen LogP contribution in [0.2, 0.25) is 0 Å². The molecule has 0 atom stereocenters. The molecule has 20 heavy (non-hydrogen) atoms.